The Morgan fingerprint density at radius 2 is 2.20 bits per heavy atom. The van der Waals surface area contributed by atoms with E-state index in [1.54, 1.807) is 19.4 Å². The maximum Gasteiger partial charge on any atom is 0.252 e. The lowest BCUT2D eigenvalue weighted by Crippen LogP contribution is -2.25. The molecule has 2 rings (SSSR count). The number of rotatable bonds is 5. The highest BCUT2D eigenvalue weighted by molar-refractivity contribution is 5.96. The molecule has 5 nitrogen and oxygen atoms in total. The van der Waals surface area contributed by atoms with Gasteiger partial charge in [0.25, 0.3) is 5.91 Å². The fourth-order valence-corrected chi connectivity index (χ4v) is 2.14. The van der Waals surface area contributed by atoms with Gasteiger partial charge in [0.05, 0.1) is 19.3 Å². The molecule has 0 radical (unpaired) electrons. The molecule has 0 aliphatic rings. The number of carbonyl (C=O) groups excluding carboxylic acids is 1. The van der Waals surface area contributed by atoms with Gasteiger partial charge in [-0.25, -0.2) is 0 Å². The van der Waals surface area contributed by atoms with Crippen LogP contribution in [0.15, 0.2) is 30.5 Å². The Labute approximate surface area is 118 Å². The fourth-order valence-electron chi connectivity index (χ4n) is 2.14. The molecule has 0 aliphatic carbocycles. The van der Waals surface area contributed by atoms with E-state index in [0.717, 1.165) is 23.6 Å². The van der Waals surface area contributed by atoms with Gasteiger partial charge in [-0.1, -0.05) is 6.07 Å². The molecule has 1 amide bonds. The molecule has 5 heteroatoms. The summed E-state index contributed by atoms with van der Waals surface area (Å²) in [5.74, 6) is 0.613. The minimum atomic E-state index is -0.106. The van der Waals surface area contributed by atoms with Gasteiger partial charge in [0.2, 0.25) is 0 Å². The second-order valence-corrected chi connectivity index (χ2v) is 4.45. The van der Waals surface area contributed by atoms with E-state index in [1.807, 2.05) is 36.7 Å². The Morgan fingerprint density at radius 3 is 2.90 bits per heavy atom. The van der Waals surface area contributed by atoms with E-state index >= 15 is 0 Å². The Hall–Kier alpha value is -2.30. The Morgan fingerprint density at radius 1 is 1.40 bits per heavy atom. The largest absolute Gasteiger partial charge is 0.496 e. The van der Waals surface area contributed by atoms with Crippen molar-refractivity contribution in [2.24, 2.45) is 0 Å². The minimum absolute atomic E-state index is 0.106. The van der Waals surface area contributed by atoms with Gasteiger partial charge in [-0.2, -0.15) is 5.10 Å². The fraction of sp³-hybridized carbons (Fsp3) is 0.333. The number of hydrogen-bond acceptors (Lipinski definition) is 3. The van der Waals surface area contributed by atoms with E-state index in [2.05, 4.69) is 10.4 Å². The lowest BCUT2D eigenvalue weighted by atomic mass is 10.1. The molecule has 0 spiro atoms. The van der Waals surface area contributed by atoms with Crippen molar-refractivity contribution in [1.82, 2.24) is 15.1 Å². The van der Waals surface area contributed by atoms with E-state index in [-0.39, 0.29) is 5.91 Å². The van der Waals surface area contributed by atoms with Crippen molar-refractivity contribution in [3.8, 4) is 5.75 Å². The molecule has 0 bridgehead atoms. The van der Waals surface area contributed by atoms with Crippen LogP contribution in [0.25, 0.3) is 0 Å². The van der Waals surface area contributed by atoms with Gasteiger partial charge < -0.3 is 10.1 Å². The first-order valence-electron chi connectivity index (χ1n) is 6.59. The van der Waals surface area contributed by atoms with Gasteiger partial charge >= 0.3 is 0 Å². The third-order valence-electron chi connectivity index (χ3n) is 3.28. The molecule has 1 heterocycles. The number of carbonyl (C=O) groups is 1. The summed E-state index contributed by atoms with van der Waals surface area (Å²) in [4.78, 5) is 12.2. The highest BCUT2D eigenvalue weighted by Gasteiger charge is 2.12. The standard InChI is InChI=1S/C15H19N3O2/c1-4-18-12(8-9-17-18)10-16-15(19)13-6-5-7-14(20-3)11(13)2/h5-9H,4,10H2,1-3H3,(H,16,19). The molecule has 106 valence electrons. The topological polar surface area (TPSA) is 56.2 Å². The van der Waals surface area contributed by atoms with E-state index in [1.165, 1.54) is 0 Å². The van der Waals surface area contributed by atoms with Crippen LogP contribution in [0.1, 0.15) is 28.5 Å². The smallest absolute Gasteiger partial charge is 0.252 e. The molecule has 1 aromatic heterocycles. The van der Waals surface area contributed by atoms with E-state index in [4.69, 9.17) is 4.74 Å². The monoisotopic (exact) mass is 273 g/mol. The van der Waals surface area contributed by atoms with Crippen LogP contribution in [-0.2, 0) is 13.1 Å². The number of ether oxygens (including phenoxy) is 1. The quantitative estimate of drug-likeness (QED) is 0.908. The lowest BCUT2D eigenvalue weighted by molar-refractivity contribution is 0.0949. The van der Waals surface area contributed by atoms with Crippen LogP contribution in [0.4, 0.5) is 0 Å². The van der Waals surface area contributed by atoms with Crippen LogP contribution >= 0.6 is 0 Å². The van der Waals surface area contributed by atoms with Crippen LogP contribution in [0, 0.1) is 6.92 Å². The van der Waals surface area contributed by atoms with Gasteiger partial charge in [-0.3, -0.25) is 9.48 Å². The zero-order chi connectivity index (χ0) is 14.5. The third-order valence-corrected chi connectivity index (χ3v) is 3.28. The van der Waals surface area contributed by atoms with Crippen molar-refractivity contribution in [3.63, 3.8) is 0 Å². The summed E-state index contributed by atoms with van der Waals surface area (Å²) < 4.78 is 7.09. The van der Waals surface area contributed by atoms with Gasteiger partial charge in [0.1, 0.15) is 5.75 Å². The molecule has 0 saturated heterocycles. The first-order valence-corrected chi connectivity index (χ1v) is 6.59. The van der Waals surface area contributed by atoms with Crippen LogP contribution in [-0.4, -0.2) is 22.8 Å². The molecule has 1 N–H and O–H groups in total. The normalized spacial score (nSPS) is 10.3. The summed E-state index contributed by atoms with van der Waals surface area (Å²) in [6.45, 7) is 5.15. The van der Waals surface area contributed by atoms with Crippen molar-refractivity contribution < 1.29 is 9.53 Å². The number of nitrogens with zero attached hydrogens (tertiary/aromatic N) is 2. The van der Waals surface area contributed by atoms with Gasteiger partial charge in [0, 0.05) is 23.9 Å². The van der Waals surface area contributed by atoms with E-state index in [9.17, 15) is 4.79 Å². The Bertz CT molecular complexity index is 605. The second-order valence-electron chi connectivity index (χ2n) is 4.45. The van der Waals surface area contributed by atoms with Gasteiger partial charge in [-0.15, -0.1) is 0 Å². The van der Waals surface area contributed by atoms with Crippen molar-refractivity contribution in [3.05, 3.63) is 47.3 Å². The van der Waals surface area contributed by atoms with Crippen LogP contribution in [0.5, 0.6) is 5.75 Å². The maximum atomic E-state index is 12.2. The molecular formula is C15H19N3O2. The van der Waals surface area contributed by atoms with Crippen molar-refractivity contribution in [2.45, 2.75) is 26.9 Å². The number of methoxy groups -OCH3 is 1. The summed E-state index contributed by atoms with van der Waals surface area (Å²) in [6.07, 6.45) is 1.74. The van der Waals surface area contributed by atoms with E-state index < -0.39 is 0 Å². The SMILES string of the molecule is CCn1nccc1CNC(=O)c1cccc(OC)c1C. The molecule has 0 atom stereocenters. The Kier molecular flexibility index (Phi) is 4.40. The highest BCUT2D eigenvalue weighted by atomic mass is 16.5. The zero-order valence-electron chi connectivity index (χ0n) is 12.0. The van der Waals surface area contributed by atoms with Crippen LogP contribution in [0.2, 0.25) is 0 Å². The zero-order valence-corrected chi connectivity index (χ0v) is 12.0. The molecule has 1 aromatic carbocycles. The predicted octanol–water partition coefficient (Wildman–Crippen LogP) is 2.15. The minimum Gasteiger partial charge on any atom is -0.496 e. The number of amides is 1. The van der Waals surface area contributed by atoms with Crippen LogP contribution in [0.3, 0.4) is 0 Å². The highest BCUT2D eigenvalue weighted by Crippen LogP contribution is 2.20. The van der Waals surface area contributed by atoms with Crippen LogP contribution < -0.4 is 10.1 Å². The first kappa shape index (κ1) is 14.1. The average molecular weight is 273 g/mol. The number of nitrogens with one attached hydrogen (secondary N) is 1. The summed E-state index contributed by atoms with van der Waals surface area (Å²) in [5, 5.41) is 7.09. The Balaban J connectivity index is 2.09. The van der Waals surface area contributed by atoms with Gasteiger partial charge in [-0.05, 0) is 32.0 Å². The summed E-state index contributed by atoms with van der Waals surface area (Å²) in [6, 6.07) is 7.36. The maximum absolute atomic E-state index is 12.2. The number of benzene rings is 1. The summed E-state index contributed by atoms with van der Waals surface area (Å²) in [7, 11) is 1.60. The van der Waals surface area contributed by atoms with Crippen molar-refractivity contribution in [2.75, 3.05) is 7.11 Å². The first-order chi connectivity index (χ1) is 9.67. The predicted molar refractivity (Wildman–Crippen MR) is 76.8 cm³/mol. The molecule has 2 aromatic rings. The number of aryl methyl sites for hydroxylation is 1. The summed E-state index contributed by atoms with van der Waals surface area (Å²) in [5.41, 5.74) is 2.46. The lowest BCUT2D eigenvalue weighted by Gasteiger charge is -2.11. The molecule has 0 saturated carbocycles. The molecule has 0 unspecified atom stereocenters. The summed E-state index contributed by atoms with van der Waals surface area (Å²) >= 11 is 0. The molecule has 20 heavy (non-hydrogen) atoms. The number of hydrogen-bond donors (Lipinski definition) is 1. The second kappa shape index (κ2) is 6.23. The molecule has 0 aliphatic heterocycles. The number of aromatic nitrogens is 2. The van der Waals surface area contributed by atoms with Crippen molar-refractivity contribution >= 4 is 5.91 Å². The van der Waals surface area contributed by atoms with Gasteiger partial charge in [0.15, 0.2) is 0 Å². The average Bonchev–Trinajstić information content (AvgIpc) is 2.92. The van der Waals surface area contributed by atoms with Crippen molar-refractivity contribution in [1.29, 1.82) is 0 Å². The third kappa shape index (κ3) is 2.82. The molecular weight excluding hydrogens is 254 g/mol. The molecule has 0 fully saturated rings. The van der Waals surface area contributed by atoms with E-state index in [0.29, 0.717) is 12.1 Å².